The van der Waals surface area contributed by atoms with Gasteiger partial charge in [-0.25, -0.2) is 9.59 Å². The number of ether oxygens (including phenoxy) is 2. The van der Waals surface area contributed by atoms with E-state index in [9.17, 15) is 14.4 Å². The van der Waals surface area contributed by atoms with E-state index >= 15 is 0 Å². The summed E-state index contributed by atoms with van der Waals surface area (Å²) in [5.74, 6) is -0.0287. The number of nitrogens with zero attached hydrogens (tertiary/aromatic N) is 1. The Morgan fingerprint density at radius 2 is 1.56 bits per heavy atom. The summed E-state index contributed by atoms with van der Waals surface area (Å²) in [6.45, 7) is 14.7. The number of ketones is 1. The standard InChI is InChI=1S/C35H44N2O5S/c1-33(2,3)41-31(39)36-28-15-14-26(30-9-8-20-43-30)21-27(28)22-29(38)25-12-10-24(11-13-25)23-35(7)16-18-37(19-17-35)32(40)42-34(4,5)6/h8-15,20-21H,16-19,22-23H2,1-7H3,(H,36,39). The van der Waals surface area contributed by atoms with E-state index in [0.717, 1.165) is 40.8 Å². The van der Waals surface area contributed by atoms with Crippen LogP contribution in [0.5, 0.6) is 0 Å². The Bertz CT molecular complexity index is 1420. The summed E-state index contributed by atoms with van der Waals surface area (Å²) >= 11 is 1.62. The number of piperidine rings is 1. The number of carbonyl (C=O) groups excluding carboxylic acids is 3. The van der Waals surface area contributed by atoms with Crippen molar-refractivity contribution < 1.29 is 23.9 Å². The zero-order chi connectivity index (χ0) is 31.4. The fourth-order valence-electron chi connectivity index (χ4n) is 5.18. The molecule has 1 aliphatic rings. The molecule has 7 nitrogen and oxygen atoms in total. The normalized spacial score (nSPS) is 15.1. The smallest absolute Gasteiger partial charge is 0.412 e. The van der Waals surface area contributed by atoms with Crippen molar-refractivity contribution in [1.82, 2.24) is 4.90 Å². The van der Waals surface area contributed by atoms with Crippen molar-refractivity contribution in [3.8, 4) is 10.4 Å². The van der Waals surface area contributed by atoms with Crippen molar-refractivity contribution in [3.63, 3.8) is 0 Å². The van der Waals surface area contributed by atoms with Crippen molar-refractivity contribution in [2.24, 2.45) is 5.41 Å². The van der Waals surface area contributed by atoms with Crippen molar-refractivity contribution in [2.75, 3.05) is 18.4 Å². The topological polar surface area (TPSA) is 84.9 Å². The van der Waals surface area contributed by atoms with Crippen LogP contribution in [-0.4, -0.2) is 47.2 Å². The highest BCUT2D eigenvalue weighted by Gasteiger charge is 2.33. The molecule has 0 unspecified atom stereocenters. The van der Waals surface area contributed by atoms with Crippen LogP contribution >= 0.6 is 11.3 Å². The summed E-state index contributed by atoms with van der Waals surface area (Å²) in [5, 5.41) is 4.85. The van der Waals surface area contributed by atoms with Gasteiger partial charge in [0.25, 0.3) is 0 Å². The van der Waals surface area contributed by atoms with Crippen LogP contribution in [0.3, 0.4) is 0 Å². The zero-order valence-corrected chi connectivity index (χ0v) is 27.2. The maximum absolute atomic E-state index is 13.5. The minimum absolute atomic E-state index is 0.0287. The number of nitrogens with one attached hydrogen (secondary N) is 1. The Balaban J connectivity index is 1.42. The summed E-state index contributed by atoms with van der Waals surface area (Å²) in [7, 11) is 0. The number of rotatable bonds is 7. The fraction of sp³-hybridized carbons (Fsp3) is 0.457. The summed E-state index contributed by atoms with van der Waals surface area (Å²) in [6.07, 6.45) is 1.99. The second kappa shape index (κ2) is 12.9. The van der Waals surface area contributed by atoms with Crippen molar-refractivity contribution >= 4 is 35.0 Å². The van der Waals surface area contributed by atoms with Gasteiger partial charge in [-0.2, -0.15) is 0 Å². The first kappa shape index (κ1) is 32.3. The second-order valence-corrected chi connectivity index (χ2v) is 14.7. The first-order valence-corrected chi connectivity index (χ1v) is 15.7. The molecule has 4 rings (SSSR count). The molecule has 1 aromatic heterocycles. The van der Waals surface area contributed by atoms with Crippen LogP contribution in [0.15, 0.2) is 60.0 Å². The molecule has 2 amide bonds. The molecule has 0 radical (unpaired) electrons. The van der Waals surface area contributed by atoms with Crippen LogP contribution in [0.4, 0.5) is 15.3 Å². The molecule has 3 aromatic rings. The molecule has 230 valence electrons. The quantitative estimate of drug-likeness (QED) is 0.273. The molecule has 1 saturated heterocycles. The second-order valence-electron chi connectivity index (χ2n) is 13.7. The third kappa shape index (κ3) is 9.42. The minimum atomic E-state index is -0.634. The molecule has 0 aliphatic carbocycles. The Morgan fingerprint density at radius 1 is 0.907 bits per heavy atom. The summed E-state index contributed by atoms with van der Waals surface area (Å²) in [4.78, 5) is 41.4. The largest absolute Gasteiger partial charge is 0.444 e. The van der Waals surface area contributed by atoms with Gasteiger partial charge in [-0.3, -0.25) is 10.1 Å². The van der Waals surface area contributed by atoms with E-state index in [-0.39, 0.29) is 23.7 Å². The van der Waals surface area contributed by atoms with E-state index in [2.05, 4.69) is 12.2 Å². The molecule has 1 fully saturated rings. The third-order valence-electron chi connectivity index (χ3n) is 7.43. The van der Waals surface area contributed by atoms with Gasteiger partial charge >= 0.3 is 12.2 Å². The van der Waals surface area contributed by atoms with E-state index in [0.29, 0.717) is 24.3 Å². The van der Waals surface area contributed by atoms with Crippen molar-refractivity contribution in [1.29, 1.82) is 0 Å². The molecule has 0 saturated carbocycles. The van der Waals surface area contributed by atoms with Gasteiger partial charge in [-0.1, -0.05) is 43.3 Å². The average molecular weight is 605 g/mol. The molecular weight excluding hydrogens is 560 g/mol. The average Bonchev–Trinajstić information content (AvgIpc) is 3.43. The summed E-state index contributed by atoms with van der Waals surface area (Å²) < 4.78 is 11.0. The van der Waals surface area contributed by atoms with Crippen LogP contribution in [-0.2, 0) is 22.3 Å². The van der Waals surface area contributed by atoms with Crippen LogP contribution in [0.1, 0.15) is 82.8 Å². The Kier molecular flexibility index (Phi) is 9.70. The molecule has 43 heavy (non-hydrogen) atoms. The first-order valence-electron chi connectivity index (χ1n) is 14.9. The number of hydrogen-bond acceptors (Lipinski definition) is 6. The highest BCUT2D eigenvalue weighted by Crippen LogP contribution is 2.35. The summed E-state index contributed by atoms with van der Waals surface area (Å²) in [6, 6.07) is 17.6. The van der Waals surface area contributed by atoms with E-state index in [4.69, 9.17) is 9.47 Å². The van der Waals surface area contributed by atoms with Crippen LogP contribution in [0, 0.1) is 5.41 Å². The molecular formula is C35H44N2O5S. The van der Waals surface area contributed by atoms with E-state index in [1.807, 2.05) is 102 Å². The Hall–Kier alpha value is -3.65. The number of Topliss-reactive ketones (excluding diaryl/α,β-unsaturated/α-hetero) is 1. The fourth-order valence-corrected chi connectivity index (χ4v) is 5.90. The van der Waals surface area contributed by atoms with Gasteiger partial charge in [0.15, 0.2) is 5.78 Å². The molecule has 0 spiro atoms. The monoisotopic (exact) mass is 604 g/mol. The van der Waals surface area contributed by atoms with Gasteiger partial charge in [0, 0.05) is 35.6 Å². The highest BCUT2D eigenvalue weighted by molar-refractivity contribution is 7.13. The maximum Gasteiger partial charge on any atom is 0.412 e. The predicted octanol–water partition coefficient (Wildman–Crippen LogP) is 8.77. The van der Waals surface area contributed by atoms with E-state index in [1.54, 1.807) is 16.2 Å². The van der Waals surface area contributed by atoms with Gasteiger partial charge < -0.3 is 14.4 Å². The lowest BCUT2D eigenvalue weighted by atomic mass is 9.75. The van der Waals surface area contributed by atoms with Crippen LogP contribution in [0.2, 0.25) is 0 Å². The number of likely N-dealkylation sites (tertiary alicyclic amines) is 1. The number of amides is 2. The molecule has 2 heterocycles. The number of thiophene rings is 1. The lowest BCUT2D eigenvalue weighted by Crippen LogP contribution is -2.45. The zero-order valence-electron chi connectivity index (χ0n) is 26.4. The predicted molar refractivity (Wildman–Crippen MR) is 173 cm³/mol. The number of carbonyl (C=O) groups is 3. The molecule has 0 bridgehead atoms. The van der Waals surface area contributed by atoms with Crippen LogP contribution in [0.25, 0.3) is 10.4 Å². The van der Waals surface area contributed by atoms with Gasteiger partial charge in [0.1, 0.15) is 11.2 Å². The molecule has 1 N–H and O–H groups in total. The minimum Gasteiger partial charge on any atom is -0.444 e. The maximum atomic E-state index is 13.5. The summed E-state index contributed by atoms with van der Waals surface area (Å²) in [5.41, 5.74) is 3.00. The lowest BCUT2D eigenvalue weighted by molar-refractivity contribution is 0.0119. The highest BCUT2D eigenvalue weighted by atomic mass is 32.1. The van der Waals surface area contributed by atoms with Gasteiger partial charge in [0.2, 0.25) is 0 Å². The van der Waals surface area contributed by atoms with Gasteiger partial charge in [0.05, 0.1) is 0 Å². The molecule has 8 heteroatoms. The van der Waals surface area contributed by atoms with Crippen LogP contribution < -0.4 is 5.32 Å². The van der Waals surface area contributed by atoms with Crippen molar-refractivity contribution in [3.05, 3.63) is 76.7 Å². The van der Waals surface area contributed by atoms with Crippen molar-refractivity contribution in [2.45, 2.75) is 85.4 Å². The molecule has 0 atom stereocenters. The van der Waals surface area contributed by atoms with Gasteiger partial charge in [-0.15, -0.1) is 11.3 Å². The first-order chi connectivity index (χ1) is 20.1. The van der Waals surface area contributed by atoms with Gasteiger partial charge in [-0.05, 0) is 106 Å². The lowest BCUT2D eigenvalue weighted by Gasteiger charge is -2.40. The SMILES string of the molecule is CC1(Cc2ccc(C(=O)Cc3cc(-c4cccs4)ccc3NC(=O)OC(C)(C)C)cc2)CCN(C(=O)OC(C)(C)C)CC1. The number of anilines is 1. The molecule has 2 aromatic carbocycles. The van der Waals surface area contributed by atoms with E-state index in [1.165, 1.54) is 0 Å². The third-order valence-corrected chi connectivity index (χ3v) is 8.35. The molecule has 1 aliphatic heterocycles. The number of benzene rings is 2. The Morgan fingerprint density at radius 3 is 2.14 bits per heavy atom. The van der Waals surface area contributed by atoms with E-state index < -0.39 is 17.3 Å². The Labute approximate surface area is 259 Å². The number of hydrogen-bond donors (Lipinski definition) is 1.